The highest BCUT2D eigenvalue weighted by Gasteiger charge is 2.29. The lowest BCUT2D eigenvalue weighted by molar-refractivity contribution is -0.145. The highest BCUT2D eigenvalue weighted by atomic mass is 16.5. The van der Waals surface area contributed by atoms with Crippen molar-refractivity contribution < 1.29 is 24.2 Å². The quantitative estimate of drug-likeness (QED) is 0.678. The van der Waals surface area contributed by atoms with Gasteiger partial charge in [0.25, 0.3) is 0 Å². The number of carboxylic acid groups (broad SMARTS) is 1. The largest absolute Gasteiger partial charge is 0.490 e. The number of carbonyl (C=O) groups is 2. The molecule has 0 radical (unpaired) electrons. The summed E-state index contributed by atoms with van der Waals surface area (Å²) in [6.07, 6.45) is 7.44. The molecule has 1 aliphatic carbocycles. The van der Waals surface area contributed by atoms with Gasteiger partial charge >= 0.3 is 5.97 Å². The lowest BCUT2D eigenvalue weighted by Gasteiger charge is -2.27. The van der Waals surface area contributed by atoms with Crippen LogP contribution in [0.5, 0.6) is 5.75 Å². The molecule has 0 spiro atoms. The normalized spacial score (nSPS) is 19.3. The third-order valence-corrected chi connectivity index (χ3v) is 5.82. The average molecular weight is 389 g/mol. The minimum Gasteiger partial charge on any atom is -0.490 e. The molecular weight excluding hydrogens is 358 g/mol. The second-order valence-electron chi connectivity index (χ2n) is 7.87. The molecule has 1 saturated carbocycles. The van der Waals surface area contributed by atoms with Gasteiger partial charge in [-0.15, -0.1) is 0 Å². The van der Waals surface area contributed by atoms with Gasteiger partial charge in [0.15, 0.2) is 0 Å². The number of hydrogen-bond acceptors (Lipinski definition) is 4. The minimum atomic E-state index is -0.844. The molecule has 2 fully saturated rings. The van der Waals surface area contributed by atoms with E-state index < -0.39 is 11.9 Å². The van der Waals surface area contributed by atoms with E-state index in [2.05, 4.69) is 5.32 Å². The van der Waals surface area contributed by atoms with Crippen molar-refractivity contribution in [2.45, 2.75) is 57.5 Å². The van der Waals surface area contributed by atoms with Gasteiger partial charge < -0.3 is 19.9 Å². The Bertz CT molecular complexity index is 650. The summed E-state index contributed by atoms with van der Waals surface area (Å²) < 4.78 is 11.3. The third kappa shape index (κ3) is 6.23. The number of hydrogen-bond donors (Lipinski definition) is 2. The molecule has 0 aromatic heterocycles. The Morgan fingerprint density at radius 2 is 1.93 bits per heavy atom. The van der Waals surface area contributed by atoms with Crippen molar-refractivity contribution in [3.8, 4) is 5.75 Å². The van der Waals surface area contributed by atoms with Gasteiger partial charge in [0.1, 0.15) is 5.75 Å². The summed E-state index contributed by atoms with van der Waals surface area (Å²) in [7, 11) is 0. The molecule has 3 rings (SSSR count). The van der Waals surface area contributed by atoms with Gasteiger partial charge in [0, 0.05) is 26.2 Å². The highest BCUT2D eigenvalue weighted by molar-refractivity contribution is 5.77. The van der Waals surface area contributed by atoms with Crippen LogP contribution in [0.2, 0.25) is 0 Å². The van der Waals surface area contributed by atoms with Gasteiger partial charge in [-0.3, -0.25) is 9.59 Å². The van der Waals surface area contributed by atoms with Crippen molar-refractivity contribution in [3.05, 3.63) is 29.8 Å². The molecule has 6 nitrogen and oxygen atoms in total. The topological polar surface area (TPSA) is 84.9 Å². The summed E-state index contributed by atoms with van der Waals surface area (Å²) in [4.78, 5) is 23.8. The van der Waals surface area contributed by atoms with Gasteiger partial charge in [-0.05, 0) is 68.6 Å². The molecule has 2 N–H and O–H groups in total. The first-order chi connectivity index (χ1) is 13.6. The van der Waals surface area contributed by atoms with Gasteiger partial charge in [-0.2, -0.15) is 0 Å². The first kappa shape index (κ1) is 20.6. The van der Waals surface area contributed by atoms with Crippen molar-refractivity contribution in [1.82, 2.24) is 5.32 Å². The fraction of sp³-hybridized carbons (Fsp3) is 0.636. The summed E-state index contributed by atoms with van der Waals surface area (Å²) in [5, 5.41) is 12.3. The van der Waals surface area contributed by atoms with Crippen LogP contribution in [0.15, 0.2) is 24.3 Å². The molecular formula is C22H31NO5. The first-order valence-corrected chi connectivity index (χ1v) is 10.4. The van der Waals surface area contributed by atoms with E-state index in [1.165, 1.54) is 12.8 Å². The first-order valence-electron chi connectivity index (χ1n) is 10.4. The van der Waals surface area contributed by atoms with E-state index in [0.29, 0.717) is 32.2 Å². The second kappa shape index (κ2) is 10.5. The van der Waals surface area contributed by atoms with Crippen molar-refractivity contribution in [2.24, 2.45) is 11.8 Å². The Kier molecular flexibility index (Phi) is 7.71. The zero-order valence-electron chi connectivity index (χ0n) is 16.4. The van der Waals surface area contributed by atoms with Crippen LogP contribution in [-0.4, -0.2) is 42.8 Å². The van der Waals surface area contributed by atoms with E-state index in [0.717, 1.165) is 37.0 Å². The van der Waals surface area contributed by atoms with Gasteiger partial charge in [-0.25, -0.2) is 0 Å². The number of carbonyl (C=O) groups excluding carboxylic acids is 1. The van der Waals surface area contributed by atoms with Crippen LogP contribution in [0, 0.1) is 11.8 Å². The number of aliphatic carboxylic acids is 1. The smallest absolute Gasteiger partial charge is 0.308 e. The summed E-state index contributed by atoms with van der Waals surface area (Å²) in [6.45, 7) is 1.38. The molecule has 6 heteroatoms. The number of benzene rings is 1. The molecule has 1 aromatic rings. The maximum absolute atomic E-state index is 12.2. The molecule has 1 saturated heterocycles. The Labute approximate surface area is 166 Å². The molecule has 28 heavy (non-hydrogen) atoms. The molecule has 2 aliphatic rings. The number of nitrogens with one attached hydrogen (secondary N) is 1. The SMILES string of the molecule is O=C(CCc1cccc(OC2CCCC2)c1)NCC(C(=O)O)C1CCOCC1. The minimum absolute atomic E-state index is 0.0657. The van der Waals surface area contributed by atoms with Crippen LogP contribution >= 0.6 is 0 Å². The summed E-state index contributed by atoms with van der Waals surface area (Å²) in [6, 6.07) is 7.93. The number of ether oxygens (including phenoxy) is 2. The van der Waals surface area contributed by atoms with Crippen molar-refractivity contribution in [3.63, 3.8) is 0 Å². The number of amides is 1. The number of aryl methyl sites for hydroxylation is 1. The van der Waals surface area contributed by atoms with Crippen LogP contribution in [0.4, 0.5) is 0 Å². The van der Waals surface area contributed by atoms with E-state index in [1.807, 2.05) is 24.3 Å². The summed E-state index contributed by atoms with van der Waals surface area (Å²) in [5.74, 6) is -0.563. The van der Waals surface area contributed by atoms with E-state index >= 15 is 0 Å². The highest BCUT2D eigenvalue weighted by Crippen LogP contribution is 2.25. The fourth-order valence-corrected chi connectivity index (χ4v) is 4.12. The third-order valence-electron chi connectivity index (χ3n) is 5.82. The maximum Gasteiger partial charge on any atom is 0.308 e. The van der Waals surface area contributed by atoms with E-state index in [1.54, 1.807) is 0 Å². The van der Waals surface area contributed by atoms with E-state index in [4.69, 9.17) is 9.47 Å². The number of rotatable bonds is 9. The van der Waals surface area contributed by atoms with Gasteiger partial charge in [-0.1, -0.05) is 12.1 Å². The van der Waals surface area contributed by atoms with Crippen LogP contribution in [0.25, 0.3) is 0 Å². The molecule has 0 bridgehead atoms. The monoisotopic (exact) mass is 389 g/mol. The summed E-state index contributed by atoms with van der Waals surface area (Å²) >= 11 is 0. The van der Waals surface area contributed by atoms with Crippen molar-refractivity contribution in [1.29, 1.82) is 0 Å². The lowest BCUT2D eigenvalue weighted by Crippen LogP contribution is -2.39. The maximum atomic E-state index is 12.2. The number of carboxylic acids is 1. The second-order valence-corrected chi connectivity index (χ2v) is 7.87. The molecule has 1 unspecified atom stereocenters. The van der Waals surface area contributed by atoms with Crippen LogP contribution in [-0.2, 0) is 20.7 Å². The molecule has 154 valence electrons. The van der Waals surface area contributed by atoms with Crippen molar-refractivity contribution in [2.75, 3.05) is 19.8 Å². The van der Waals surface area contributed by atoms with Crippen molar-refractivity contribution >= 4 is 11.9 Å². The van der Waals surface area contributed by atoms with Crippen LogP contribution in [0.1, 0.15) is 50.5 Å². The van der Waals surface area contributed by atoms with E-state index in [9.17, 15) is 14.7 Å². The predicted octanol–water partition coefficient (Wildman–Crippen LogP) is 3.18. The molecule has 1 amide bonds. The Balaban J connectivity index is 1.43. The molecule has 1 aromatic carbocycles. The zero-order valence-corrected chi connectivity index (χ0v) is 16.4. The predicted molar refractivity (Wildman–Crippen MR) is 105 cm³/mol. The van der Waals surface area contributed by atoms with Gasteiger partial charge in [0.2, 0.25) is 5.91 Å². The van der Waals surface area contributed by atoms with E-state index in [-0.39, 0.29) is 18.4 Å². The average Bonchev–Trinajstić information content (AvgIpc) is 3.20. The Hall–Kier alpha value is -2.08. The Morgan fingerprint density at radius 3 is 2.64 bits per heavy atom. The van der Waals surface area contributed by atoms with Crippen LogP contribution < -0.4 is 10.1 Å². The molecule has 1 atom stereocenters. The standard InChI is InChI=1S/C22H31NO5/c24-21(23-15-20(22(25)26)17-10-12-27-13-11-17)9-8-16-4-3-7-19(14-16)28-18-5-1-2-6-18/h3-4,7,14,17-18,20H,1-2,5-6,8-13,15H2,(H,23,24)(H,25,26). The van der Waals surface area contributed by atoms with Gasteiger partial charge in [0.05, 0.1) is 12.0 Å². The Morgan fingerprint density at radius 1 is 1.18 bits per heavy atom. The zero-order chi connectivity index (χ0) is 19.8. The summed E-state index contributed by atoms with van der Waals surface area (Å²) in [5.41, 5.74) is 1.06. The fourth-order valence-electron chi connectivity index (χ4n) is 4.12. The lowest BCUT2D eigenvalue weighted by atomic mass is 9.86. The molecule has 1 heterocycles. The van der Waals surface area contributed by atoms with Crippen LogP contribution in [0.3, 0.4) is 0 Å². The molecule has 1 aliphatic heterocycles.